The molecule has 0 saturated carbocycles. The van der Waals surface area contributed by atoms with E-state index in [-0.39, 0.29) is 5.92 Å². The number of fused-ring (bicyclic) bond motifs is 18. The van der Waals surface area contributed by atoms with Crippen molar-refractivity contribution in [1.82, 2.24) is 28.2 Å². The molecule has 1 aliphatic heterocycles. The van der Waals surface area contributed by atoms with E-state index < -0.39 is 0 Å². The SMILES string of the molecule is N#Cc1c(-n2c3ccccc3c3cc4c(cc32)c2ccccc2n4-c2ccccc2)cc(-c2nc(-c3ccccc3)cc(-c3ccccc3)n2)cc1-n1c2ccccc2c2c3c(c4c(c5ccccc5n4-c4ccccc4)c21)C1CC=CC=C1N3c1ccccc1. The summed E-state index contributed by atoms with van der Waals surface area (Å²) >= 11 is 0. The Hall–Kier alpha value is -12.3. The molecule has 8 heteroatoms. The molecule has 0 spiro atoms. The monoisotopic (exact) mass is 1160 g/mol. The molecule has 0 amide bonds. The Morgan fingerprint density at radius 2 is 0.824 bits per heavy atom. The van der Waals surface area contributed by atoms with Crippen LogP contribution < -0.4 is 4.90 Å². The number of benzene rings is 12. The lowest BCUT2D eigenvalue weighted by atomic mass is 9.89. The molecule has 0 bridgehead atoms. The van der Waals surface area contributed by atoms with Gasteiger partial charge in [-0.05, 0) is 103 Å². The van der Waals surface area contributed by atoms with Crippen LogP contribution in [0.2, 0.25) is 0 Å². The van der Waals surface area contributed by atoms with Crippen LogP contribution in [0, 0.1) is 11.3 Å². The molecule has 5 aromatic heterocycles. The maximum absolute atomic E-state index is 12.7. The minimum absolute atomic E-state index is 0.0435. The molecule has 12 aromatic carbocycles. The number of rotatable bonds is 8. The van der Waals surface area contributed by atoms with Crippen LogP contribution in [0.25, 0.3) is 144 Å². The van der Waals surface area contributed by atoms with E-state index in [0.717, 1.165) is 144 Å². The van der Waals surface area contributed by atoms with Gasteiger partial charge in [-0.25, -0.2) is 9.97 Å². The summed E-state index contributed by atoms with van der Waals surface area (Å²) in [7, 11) is 0. The molecule has 8 nitrogen and oxygen atoms in total. The molecule has 1 unspecified atom stereocenters. The van der Waals surface area contributed by atoms with Crippen molar-refractivity contribution in [3.8, 4) is 62.7 Å². The Bertz CT molecular complexity index is 5920. The number of aromatic nitrogens is 6. The highest BCUT2D eigenvalue weighted by atomic mass is 15.2. The number of hydrogen-bond donors (Lipinski definition) is 0. The third kappa shape index (κ3) is 7.43. The minimum atomic E-state index is 0.0435. The zero-order chi connectivity index (χ0) is 59.8. The highest BCUT2D eigenvalue weighted by Gasteiger charge is 2.42. The van der Waals surface area contributed by atoms with Crippen LogP contribution in [0.3, 0.4) is 0 Å². The molecule has 1 atom stereocenters. The second-order valence-corrected chi connectivity index (χ2v) is 23.9. The fourth-order valence-electron chi connectivity index (χ4n) is 15.3. The van der Waals surface area contributed by atoms with Crippen molar-refractivity contribution >= 4 is 98.6 Å². The van der Waals surface area contributed by atoms with Crippen molar-refractivity contribution in [3.05, 3.63) is 314 Å². The zero-order valence-electron chi connectivity index (χ0n) is 49.2. The topological polar surface area (TPSA) is 72.5 Å². The molecule has 424 valence electrons. The number of anilines is 2. The molecule has 17 aromatic rings. The van der Waals surface area contributed by atoms with Gasteiger partial charge in [0.25, 0.3) is 0 Å². The van der Waals surface area contributed by atoms with Crippen LogP contribution in [0.1, 0.15) is 23.5 Å². The third-order valence-corrected chi connectivity index (χ3v) is 19.0. The van der Waals surface area contributed by atoms with Gasteiger partial charge in [0, 0.05) is 94.0 Å². The molecule has 6 heterocycles. The largest absolute Gasteiger partial charge is 0.313 e. The molecule has 0 saturated heterocycles. The van der Waals surface area contributed by atoms with E-state index in [4.69, 9.17) is 9.97 Å². The average molecular weight is 1160 g/mol. The van der Waals surface area contributed by atoms with Gasteiger partial charge in [-0.3, -0.25) is 0 Å². The van der Waals surface area contributed by atoms with Gasteiger partial charge < -0.3 is 23.2 Å². The van der Waals surface area contributed by atoms with E-state index in [2.05, 4.69) is 314 Å². The fourth-order valence-corrected chi connectivity index (χ4v) is 15.3. The number of hydrogen-bond acceptors (Lipinski definition) is 4. The summed E-state index contributed by atoms with van der Waals surface area (Å²) in [4.78, 5) is 13.7. The molecule has 0 radical (unpaired) electrons. The molecule has 0 N–H and O–H groups in total. The standard InChI is InChI=1S/C83H52N8/c84-51-65-73(90-69-42-22-17-37-59(69)64-48-75-63(49-76(64)90)58-36-16-21-41-68(58)87(75)55-30-10-3-11-31-55)46-54(83-85-66(52-26-6-1-7-27-52)50-67(86-83)53-28-8-2-9-29-53)47-74(65)91-72-45-25-20-40-62(72)79-81-77(60-38-18-23-43-70(60)88(81)56-32-12-4-13-33-56)80-78(82(79)91)61-39-19-24-44-71(61)89(80)57-34-14-5-15-35-57/h1-37,39-50,60H,38H2. The van der Waals surface area contributed by atoms with Crippen molar-refractivity contribution in [2.24, 2.45) is 0 Å². The van der Waals surface area contributed by atoms with Gasteiger partial charge >= 0.3 is 0 Å². The van der Waals surface area contributed by atoms with Crippen LogP contribution in [0.15, 0.2) is 303 Å². The second kappa shape index (κ2) is 19.9. The van der Waals surface area contributed by atoms with Crippen LogP contribution in [-0.2, 0) is 0 Å². The molecule has 91 heavy (non-hydrogen) atoms. The number of nitriles is 1. The van der Waals surface area contributed by atoms with E-state index in [1.54, 1.807) is 0 Å². The van der Waals surface area contributed by atoms with E-state index in [1.165, 1.54) is 11.3 Å². The summed E-state index contributed by atoms with van der Waals surface area (Å²) in [6.45, 7) is 0. The first-order valence-electron chi connectivity index (χ1n) is 31.1. The van der Waals surface area contributed by atoms with Gasteiger partial charge in [-0.2, -0.15) is 5.26 Å². The molecule has 0 fully saturated rings. The van der Waals surface area contributed by atoms with Gasteiger partial charge in [0.05, 0.1) is 72.6 Å². The normalized spacial score (nSPS) is 13.8. The van der Waals surface area contributed by atoms with Crippen molar-refractivity contribution in [2.45, 2.75) is 12.3 Å². The Kier molecular flexibility index (Phi) is 11.1. The molecular weight excluding hydrogens is 1110 g/mol. The predicted octanol–water partition coefficient (Wildman–Crippen LogP) is 20.8. The van der Waals surface area contributed by atoms with Crippen molar-refractivity contribution < 1.29 is 0 Å². The van der Waals surface area contributed by atoms with E-state index >= 15 is 0 Å². The first kappa shape index (κ1) is 50.8. The summed E-state index contributed by atoms with van der Waals surface area (Å²) in [6, 6.07) is 102. The molecule has 19 rings (SSSR count). The summed E-state index contributed by atoms with van der Waals surface area (Å²) in [5.41, 5.74) is 21.5. The number of para-hydroxylation sites is 7. The Morgan fingerprint density at radius 3 is 1.40 bits per heavy atom. The van der Waals surface area contributed by atoms with Gasteiger partial charge in [-0.15, -0.1) is 0 Å². The van der Waals surface area contributed by atoms with Crippen LogP contribution in [-0.4, -0.2) is 28.2 Å². The van der Waals surface area contributed by atoms with Crippen LogP contribution >= 0.6 is 0 Å². The van der Waals surface area contributed by atoms with Crippen LogP contribution in [0.4, 0.5) is 11.4 Å². The lowest BCUT2D eigenvalue weighted by Crippen LogP contribution is -2.14. The van der Waals surface area contributed by atoms with Crippen molar-refractivity contribution in [1.29, 1.82) is 5.26 Å². The molecular formula is C83H52N8. The second-order valence-electron chi connectivity index (χ2n) is 23.9. The average Bonchev–Trinajstić information content (AvgIpc) is 1.54. The lowest BCUT2D eigenvalue weighted by molar-refractivity contribution is 0.821. The molecule has 2 aliphatic rings. The molecule has 1 aliphatic carbocycles. The third-order valence-electron chi connectivity index (χ3n) is 19.0. The highest BCUT2D eigenvalue weighted by molar-refractivity contribution is 6.32. The Labute approximate surface area is 523 Å². The first-order valence-corrected chi connectivity index (χ1v) is 31.1. The van der Waals surface area contributed by atoms with Gasteiger partial charge in [-0.1, -0.05) is 200 Å². The Balaban J connectivity index is 1.01. The quantitative estimate of drug-likeness (QED) is 0.152. The summed E-state index contributed by atoms with van der Waals surface area (Å²) in [5.74, 6) is 0.578. The highest BCUT2D eigenvalue weighted by Crippen LogP contribution is 2.60. The smallest absolute Gasteiger partial charge is 0.160 e. The first-order chi connectivity index (χ1) is 45.2. The zero-order valence-corrected chi connectivity index (χ0v) is 49.2. The van der Waals surface area contributed by atoms with Crippen molar-refractivity contribution in [2.75, 3.05) is 4.90 Å². The van der Waals surface area contributed by atoms with E-state index in [9.17, 15) is 5.26 Å². The Morgan fingerprint density at radius 1 is 0.374 bits per heavy atom. The summed E-state index contributed by atoms with van der Waals surface area (Å²) in [5, 5.41) is 21.5. The van der Waals surface area contributed by atoms with Gasteiger partial charge in [0.2, 0.25) is 0 Å². The van der Waals surface area contributed by atoms with Gasteiger partial charge in [0.15, 0.2) is 5.82 Å². The lowest BCUT2D eigenvalue weighted by Gasteiger charge is -2.25. The summed E-state index contributed by atoms with van der Waals surface area (Å²) in [6.07, 6.45) is 7.71. The van der Waals surface area contributed by atoms with E-state index in [1.807, 2.05) is 12.1 Å². The summed E-state index contributed by atoms with van der Waals surface area (Å²) < 4.78 is 9.65. The predicted molar refractivity (Wildman–Crippen MR) is 374 cm³/mol. The fraction of sp³-hybridized carbons (Fsp3) is 0.0241. The van der Waals surface area contributed by atoms with Crippen LogP contribution in [0.5, 0.6) is 0 Å². The van der Waals surface area contributed by atoms with Gasteiger partial charge in [0.1, 0.15) is 11.6 Å². The number of nitrogens with zero attached hydrogens (tertiary/aromatic N) is 8. The van der Waals surface area contributed by atoms with E-state index in [0.29, 0.717) is 22.8 Å². The van der Waals surface area contributed by atoms with Crippen molar-refractivity contribution in [3.63, 3.8) is 0 Å². The maximum Gasteiger partial charge on any atom is 0.160 e. The minimum Gasteiger partial charge on any atom is -0.313 e. The number of allylic oxidation sites excluding steroid dienone is 4. The maximum atomic E-state index is 12.7.